The lowest BCUT2D eigenvalue weighted by atomic mass is 10.1. The van der Waals surface area contributed by atoms with Crippen LogP contribution in [0.4, 0.5) is 13.2 Å². The minimum absolute atomic E-state index is 0.177. The first-order chi connectivity index (χ1) is 9.00. The van der Waals surface area contributed by atoms with E-state index in [2.05, 4.69) is 4.98 Å². The largest absolute Gasteiger partial charge is 0.416 e. The van der Waals surface area contributed by atoms with E-state index in [0.717, 1.165) is 17.7 Å². The molecule has 1 aromatic heterocycles. The third-order valence-electron chi connectivity index (χ3n) is 2.69. The van der Waals surface area contributed by atoms with Crippen LogP contribution in [0.3, 0.4) is 0 Å². The quantitative estimate of drug-likeness (QED) is 0.856. The number of imidazole rings is 1. The zero-order valence-electron chi connectivity index (χ0n) is 9.85. The van der Waals surface area contributed by atoms with Crippen LogP contribution in [-0.2, 0) is 19.1 Å². The fraction of sp³-hybridized carbons (Fsp3) is 0.231. The first-order valence-corrected chi connectivity index (χ1v) is 5.54. The summed E-state index contributed by atoms with van der Waals surface area (Å²) in [5, 5.41) is 8.63. The van der Waals surface area contributed by atoms with Gasteiger partial charge in [-0.15, -0.1) is 0 Å². The van der Waals surface area contributed by atoms with Gasteiger partial charge in [-0.05, 0) is 17.7 Å². The second kappa shape index (κ2) is 5.14. The molecule has 98 valence electrons. The van der Waals surface area contributed by atoms with Gasteiger partial charge in [-0.2, -0.15) is 18.4 Å². The van der Waals surface area contributed by atoms with Crippen molar-refractivity contribution in [2.45, 2.75) is 19.1 Å². The van der Waals surface area contributed by atoms with Crippen molar-refractivity contribution in [3.63, 3.8) is 0 Å². The molecule has 0 bridgehead atoms. The van der Waals surface area contributed by atoms with Crippen LogP contribution in [-0.4, -0.2) is 9.55 Å². The number of rotatable bonds is 3. The Morgan fingerprint density at radius 3 is 2.47 bits per heavy atom. The molecule has 19 heavy (non-hydrogen) atoms. The van der Waals surface area contributed by atoms with Crippen molar-refractivity contribution in [2.24, 2.45) is 0 Å². The highest BCUT2D eigenvalue weighted by Gasteiger charge is 2.29. The molecular formula is C13H10F3N3. The molecule has 6 heteroatoms. The predicted octanol–water partition coefficient (Wildman–Crippen LogP) is 3.02. The molecule has 1 heterocycles. The van der Waals surface area contributed by atoms with E-state index in [1.165, 1.54) is 12.1 Å². The van der Waals surface area contributed by atoms with Gasteiger partial charge in [0, 0.05) is 18.8 Å². The van der Waals surface area contributed by atoms with E-state index in [0.29, 0.717) is 12.2 Å². The summed E-state index contributed by atoms with van der Waals surface area (Å²) in [6, 6.07) is 6.95. The Labute approximate surface area is 107 Å². The van der Waals surface area contributed by atoms with Crippen LogP contribution in [0, 0.1) is 11.3 Å². The summed E-state index contributed by atoms with van der Waals surface area (Å²) in [5.41, 5.74) is 0.0509. The molecule has 1 aromatic carbocycles. The predicted molar refractivity (Wildman–Crippen MR) is 62.1 cm³/mol. The highest BCUT2D eigenvalue weighted by molar-refractivity contribution is 5.26. The smallest absolute Gasteiger partial charge is 0.321 e. The third kappa shape index (κ3) is 3.13. The molecule has 0 saturated heterocycles. The molecular weight excluding hydrogens is 255 g/mol. The van der Waals surface area contributed by atoms with E-state index in [1.54, 1.807) is 17.0 Å². The van der Waals surface area contributed by atoms with Gasteiger partial charge in [0.1, 0.15) is 12.4 Å². The topological polar surface area (TPSA) is 41.6 Å². The summed E-state index contributed by atoms with van der Waals surface area (Å²) in [6.07, 6.45) is -0.690. The van der Waals surface area contributed by atoms with Crippen molar-refractivity contribution < 1.29 is 13.2 Å². The highest BCUT2D eigenvalue weighted by Crippen LogP contribution is 2.29. The molecule has 0 unspecified atom stereocenters. The molecule has 0 spiro atoms. The third-order valence-corrected chi connectivity index (χ3v) is 2.69. The van der Waals surface area contributed by atoms with E-state index in [1.807, 2.05) is 6.07 Å². The van der Waals surface area contributed by atoms with E-state index in [9.17, 15) is 13.2 Å². The first-order valence-electron chi connectivity index (χ1n) is 5.54. The Kier molecular flexibility index (Phi) is 3.56. The maximum absolute atomic E-state index is 12.4. The van der Waals surface area contributed by atoms with Crippen molar-refractivity contribution in [3.05, 3.63) is 53.6 Å². The number of alkyl halides is 3. The van der Waals surface area contributed by atoms with Crippen molar-refractivity contribution in [2.75, 3.05) is 0 Å². The Morgan fingerprint density at radius 1 is 1.21 bits per heavy atom. The lowest BCUT2D eigenvalue weighted by Gasteiger charge is -2.08. The molecule has 2 aromatic rings. The van der Waals surface area contributed by atoms with Crippen molar-refractivity contribution in [3.8, 4) is 6.07 Å². The fourth-order valence-electron chi connectivity index (χ4n) is 1.72. The zero-order chi connectivity index (χ0) is 13.9. The zero-order valence-corrected chi connectivity index (χ0v) is 9.85. The summed E-state index contributed by atoms with van der Waals surface area (Å²) >= 11 is 0. The number of hydrogen-bond acceptors (Lipinski definition) is 2. The van der Waals surface area contributed by atoms with Gasteiger partial charge in [0.25, 0.3) is 0 Å². The molecule has 0 fully saturated rings. The average Bonchev–Trinajstić information content (AvgIpc) is 2.77. The van der Waals surface area contributed by atoms with Crippen molar-refractivity contribution >= 4 is 0 Å². The normalized spacial score (nSPS) is 11.3. The number of halogens is 3. The van der Waals surface area contributed by atoms with Gasteiger partial charge >= 0.3 is 6.18 Å². The van der Waals surface area contributed by atoms with Crippen LogP contribution in [0.1, 0.15) is 17.0 Å². The lowest BCUT2D eigenvalue weighted by molar-refractivity contribution is -0.137. The Morgan fingerprint density at radius 2 is 1.89 bits per heavy atom. The average molecular weight is 265 g/mol. The van der Waals surface area contributed by atoms with Crippen LogP contribution < -0.4 is 0 Å². The fourth-order valence-corrected chi connectivity index (χ4v) is 1.72. The van der Waals surface area contributed by atoms with E-state index >= 15 is 0 Å². The maximum atomic E-state index is 12.4. The van der Waals surface area contributed by atoms with E-state index in [-0.39, 0.29) is 6.54 Å². The van der Waals surface area contributed by atoms with E-state index in [4.69, 9.17) is 5.26 Å². The van der Waals surface area contributed by atoms with Gasteiger partial charge in [-0.25, -0.2) is 4.98 Å². The summed E-state index contributed by atoms with van der Waals surface area (Å²) < 4.78 is 38.9. The van der Waals surface area contributed by atoms with Crippen LogP contribution >= 0.6 is 0 Å². The first kappa shape index (κ1) is 13.1. The second-order valence-electron chi connectivity index (χ2n) is 4.00. The minimum atomic E-state index is -4.32. The van der Waals surface area contributed by atoms with Gasteiger partial charge < -0.3 is 4.57 Å². The molecule has 0 atom stereocenters. The van der Waals surface area contributed by atoms with Crippen LogP contribution in [0.2, 0.25) is 0 Å². The minimum Gasteiger partial charge on any atom is -0.321 e. The number of nitrogens with zero attached hydrogens (tertiary/aromatic N) is 3. The molecule has 2 rings (SSSR count). The van der Waals surface area contributed by atoms with Gasteiger partial charge in [0.2, 0.25) is 0 Å². The second-order valence-corrected chi connectivity index (χ2v) is 4.00. The Balaban J connectivity index is 2.16. The Bertz CT molecular complexity index is 591. The van der Waals surface area contributed by atoms with Gasteiger partial charge in [0.15, 0.2) is 0 Å². The SMILES string of the molecule is N#CCn1ccnc1Cc1ccc(C(F)(F)F)cc1. The highest BCUT2D eigenvalue weighted by atomic mass is 19.4. The van der Waals surface area contributed by atoms with Gasteiger partial charge in [0.05, 0.1) is 11.6 Å². The summed E-state index contributed by atoms with van der Waals surface area (Å²) in [6.45, 7) is 0.177. The number of hydrogen-bond donors (Lipinski definition) is 0. The Hall–Kier alpha value is -2.29. The van der Waals surface area contributed by atoms with Gasteiger partial charge in [-0.1, -0.05) is 12.1 Å². The van der Waals surface area contributed by atoms with Crippen LogP contribution in [0.25, 0.3) is 0 Å². The monoisotopic (exact) mass is 265 g/mol. The van der Waals surface area contributed by atoms with Crippen molar-refractivity contribution in [1.82, 2.24) is 9.55 Å². The molecule has 0 N–H and O–H groups in total. The molecule has 0 saturated carbocycles. The molecule has 3 nitrogen and oxygen atoms in total. The van der Waals surface area contributed by atoms with Crippen LogP contribution in [0.15, 0.2) is 36.7 Å². The summed E-state index contributed by atoms with van der Waals surface area (Å²) in [7, 11) is 0. The summed E-state index contributed by atoms with van der Waals surface area (Å²) in [4.78, 5) is 4.09. The molecule has 0 aliphatic carbocycles. The molecule has 0 aliphatic rings. The standard InChI is InChI=1S/C13H10F3N3/c14-13(15,16)11-3-1-10(2-4-11)9-12-18-6-8-19(12)7-5-17/h1-4,6,8H,7,9H2. The lowest BCUT2D eigenvalue weighted by Crippen LogP contribution is -2.06. The molecule has 0 aliphatic heterocycles. The number of benzene rings is 1. The molecule has 0 amide bonds. The van der Waals surface area contributed by atoms with Crippen LogP contribution in [0.5, 0.6) is 0 Å². The number of aromatic nitrogens is 2. The summed E-state index contributed by atoms with van der Waals surface area (Å²) in [5.74, 6) is 0.654. The number of nitriles is 1. The van der Waals surface area contributed by atoms with Gasteiger partial charge in [-0.3, -0.25) is 0 Å². The van der Waals surface area contributed by atoms with E-state index < -0.39 is 11.7 Å². The molecule has 0 radical (unpaired) electrons. The maximum Gasteiger partial charge on any atom is 0.416 e. The van der Waals surface area contributed by atoms with Crippen molar-refractivity contribution in [1.29, 1.82) is 5.26 Å².